The van der Waals surface area contributed by atoms with Crippen LogP contribution in [0.3, 0.4) is 0 Å². The van der Waals surface area contributed by atoms with Crippen molar-refractivity contribution in [1.29, 1.82) is 0 Å². The number of carboxylic acids is 1. The molecule has 2 nitrogen and oxygen atoms in total. The minimum Gasteiger partial charge on any atom is -0.481 e. The summed E-state index contributed by atoms with van der Waals surface area (Å²) in [6.45, 7) is 2.03. The fourth-order valence-corrected chi connectivity index (χ4v) is 1.71. The molecule has 0 radical (unpaired) electrons. The zero-order chi connectivity index (χ0) is 12.0. The van der Waals surface area contributed by atoms with Crippen molar-refractivity contribution < 1.29 is 14.3 Å². The number of benzene rings is 1. The number of carbonyl (C=O) groups is 1. The van der Waals surface area contributed by atoms with Crippen LogP contribution in [0.1, 0.15) is 31.7 Å². The second-order valence-corrected chi connectivity index (χ2v) is 4.01. The molecular formula is C13H17FO2. The van der Waals surface area contributed by atoms with E-state index in [1.54, 1.807) is 12.1 Å². The van der Waals surface area contributed by atoms with E-state index in [4.69, 9.17) is 5.11 Å². The maximum absolute atomic E-state index is 12.9. The Balaban J connectivity index is 2.64. The second kappa shape index (κ2) is 6.26. The van der Waals surface area contributed by atoms with Gasteiger partial charge in [0.25, 0.3) is 0 Å². The highest BCUT2D eigenvalue weighted by molar-refractivity contribution is 5.70. The molecule has 0 saturated heterocycles. The van der Waals surface area contributed by atoms with Gasteiger partial charge >= 0.3 is 5.97 Å². The van der Waals surface area contributed by atoms with Crippen molar-refractivity contribution in [2.75, 3.05) is 0 Å². The third kappa shape index (κ3) is 4.01. The monoisotopic (exact) mass is 224 g/mol. The topological polar surface area (TPSA) is 37.3 Å². The van der Waals surface area contributed by atoms with Gasteiger partial charge in [0.05, 0.1) is 5.92 Å². The molecule has 1 aromatic carbocycles. The molecular weight excluding hydrogens is 207 g/mol. The van der Waals surface area contributed by atoms with Gasteiger partial charge in [-0.1, -0.05) is 31.9 Å². The van der Waals surface area contributed by atoms with Gasteiger partial charge in [-0.2, -0.15) is 0 Å². The third-order valence-electron chi connectivity index (χ3n) is 2.63. The van der Waals surface area contributed by atoms with Crippen LogP contribution in [0.4, 0.5) is 4.39 Å². The molecule has 16 heavy (non-hydrogen) atoms. The Labute approximate surface area is 95.1 Å². The van der Waals surface area contributed by atoms with E-state index in [9.17, 15) is 9.18 Å². The predicted molar refractivity (Wildman–Crippen MR) is 60.8 cm³/mol. The van der Waals surface area contributed by atoms with Gasteiger partial charge in [-0.25, -0.2) is 4.39 Å². The normalized spacial score (nSPS) is 12.4. The predicted octanol–water partition coefficient (Wildman–Crippen LogP) is 3.26. The number of aliphatic carboxylic acids is 1. The average Bonchev–Trinajstić information content (AvgIpc) is 2.24. The molecule has 0 aromatic heterocycles. The summed E-state index contributed by atoms with van der Waals surface area (Å²) < 4.78 is 12.9. The molecule has 0 amide bonds. The first-order valence-electron chi connectivity index (χ1n) is 5.60. The van der Waals surface area contributed by atoms with Gasteiger partial charge in [0.1, 0.15) is 5.82 Å². The van der Waals surface area contributed by atoms with Crippen molar-refractivity contribution in [3.63, 3.8) is 0 Å². The molecule has 0 aliphatic rings. The number of halogens is 1. The first-order chi connectivity index (χ1) is 7.63. The maximum atomic E-state index is 12.9. The largest absolute Gasteiger partial charge is 0.481 e. The lowest BCUT2D eigenvalue weighted by Gasteiger charge is -2.11. The third-order valence-corrected chi connectivity index (χ3v) is 2.63. The molecule has 0 spiro atoms. The lowest BCUT2D eigenvalue weighted by molar-refractivity contribution is -0.142. The molecule has 0 aliphatic heterocycles. The van der Waals surface area contributed by atoms with Crippen molar-refractivity contribution in [3.8, 4) is 0 Å². The number of rotatable bonds is 6. The van der Waals surface area contributed by atoms with Crippen molar-refractivity contribution in [2.24, 2.45) is 5.92 Å². The van der Waals surface area contributed by atoms with Crippen molar-refractivity contribution in [1.82, 2.24) is 0 Å². The standard InChI is InChI=1S/C13H17FO2/c1-2-3-6-11(13(15)16)8-10-5-4-7-12(14)9-10/h4-5,7,9,11H,2-3,6,8H2,1H3,(H,15,16). The summed E-state index contributed by atoms with van der Waals surface area (Å²) in [6.07, 6.45) is 2.94. The van der Waals surface area contributed by atoms with E-state index < -0.39 is 11.9 Å². The molecule has 1 atom stereocenters. The molecule has 0 bridgehead atoms. The van der Waals surface area contributed by atoms with E-state index in [2.05, 4.69) is 0 Å². The molecule has 1 aromatic rings. The average molecular weight is 224 g/mol. The summed E-state index contributed by atoms with van der Waals surface area (Å²) in [5.74, 6) is -1.50. The lowest BCUT2D eigenvalue weighted by atomic mass is 9.94. The zero-order valence-corrected chi connectivity index (χ0v) is 9.45. The lowest BCUT2D eigenvalue weighted by Crippen LogP contribution is -2.16. The number of carboxylic acid groups (broad SMARTS) is 1. The summed E-state index contributed by atoms with van der Waals surface area (Å²) >= 11 is 0. The van der Waals surface area contributed by atoms with Gasteiger partial charge in [0, 0.05) is 0 Å². The van der Waals surface area contributed by atoms with E-state index in [-0.39, 0.29) is 5.82 Å². The fourth-order valence-electron chi connectivity index (χ4n) is 1.71. The van der Waals surface area contributed by atoms with Crippen LogP contribution in [0.25, 0.3) is 0 Å². The Kier molecular flexibility index (Phi) is 4.96. The Morgan fingerprint density at radius 2 is 2.25 bits per heavy atom. The van der Waals surface area contributed by atoms with E-state index in [0.717, 1.165) is 18.4 Å². The highest BCUT2D eigenvalue weighted by Crippen LogP contribution is 2.16. The van der Waals surface area contributed by atoms with E-state index >= 15 is 0 Å². The van der Waals surface area contributed by atoms with Gasteiger partial charge in [-0.3, -0.25) is 4.79 Å². The van der Waals surface area contributed by atoms with Crippen LogP contribution in [0.5, 0.6) is 0 Å². The van der Waals surface area contributed by atoms with Gasteiger partial charge in [-0.15, -0.1) is 0 Å². The van der Waals surface area contributed by atoms with Crippen molar-refractivity contribution in [2.45, 2.75) is 32.6 Å². The van der Waals surface area contributed by atoms with E-state index in [1.165, 1.54) is 12.1 Å². The van der Waals surface area contributed by atoms with Crippen LogP contribution in [0, 0.1) is 11.7 Å². The molecule has 0 heterocycles. The molecule has 1 N–H and O–H groups in total. The smallest absolute Gasteiger partial charge is 0.306 e. The molecule has 1 rings (SSSR count). The summed E-state index contributed by atoms with van der Waals surface area (Å²) in [7, 11) is 0. The summed E-state index contributed by atoms with van der Waals surface area (Å²) in [5.41, 5.74) is 0.753. The highest BCUT2D eigenvalue weighted by atomic mass is 19.1. The van der Waals surface area contributed by atoms with Crippen LogP contribution in [-0.2, 0) is 11.2 Å². The number of unbranched alkanes of at least 4 members (excludes halogenated alkanes) is 1. The SMILES string of the molecule is CCCCC(Cc1cccc(F)c1)C(=O)O. The van der Waals surface area contributed by atoms with E-state index in [1.807, 2.05) is 6.92 Å². The van der Waals surface area contributed by atoms with Crippen LogP contribution >= 0.6 is 0 Å². The highest BCUT2D eigenvalue weighted by Gasteiger charge is 2.17. The maximum Gasteiger partial charge on any atom is 0.306 e. The minimum absolute atomic E-state index is 0.308. The molecule has 1 unspecified atom stereocenters. The van der Waals surface area contributed by atoms with Gasteiger partial charge < -0.3 is 5.11 Å². The van der Waals surface area contributed by atoms with Gasteiger partial charge in [0.2, 0.25) is 0 Å². The van der Waals surface area contributed by atoms with Crippen LogP contribution in [0.2, 0.25) is 0 Å². The Hall–Kier alpha value is -1.38. The molecule has 0 saturated carbocycles. The molecule has 88 valence electrons. The fraction of sp³-hybridized carbons (Fsp3) is 0.462. The number of hydrogen-bond acceptors (Lipinski definition) is 1. The first-order valence-corrected chi connectivity index (χ1v) is 5.60. The minimum atomic E-state index is -0.794. The summed E-state index contributed by atoms with van der Waals surface area (Å²) in [4.78, 5) is 11.0. The first kappa shape index (κ1) is 12.7. The van der Waals surface area contributed by atoms with Gasteiger partial charge in [0.15, 0.2) is 0 Å². The molecule has 0 aliphatic carbocycles. The number of hydrogen-bond donors (Lipinski definition) is 1. The summed E-state index contributed by atoms with van der Waals surface area (Å²) in [5, 5.41) is 9.04. The molecule has 3 heteroatoms. The van der Waals surface area contributed by atoms with Crippen molar-refractivity contribution >= 4 is 5.97 Å². The zero-order valence-electron chi connectivity index (χ0n) is 9.45. The molecule has 0 fully saturated rings. The Morgan fingerprint density at radius 3 is 2.81 bits per heavy atom. The van der Waals surface area contributed by atoms with Crippen LogP contribution in [-0.4, -0.2) is 11.1 Å². The van der Waals surface area contributed by atoms with Crippen molar-refractivity contribution in [3.05, 3.63) is 35.6 Å². The van der Waals surface area contributed by atoms with Crippen LogP contribution < -0.4 is 0 Å². The summed E-state index contributed by atoms with van der Waals surface area (Å²) in [6, 6.07) is 6.15. The van der Waals surface area contributed by atoms with Gasteiger partial charge in [-0.05, 0) is 30.5 Å². The Morgan fingerprint density at radius 1 is 1.50 bits per heavy atom. The van der Waals surface area contributed by atoms with E-state index in [0.29, 0.717) is 12.8 Å². The Bertz CT molecular complexity index is 350. The van der Waals surface area contributed by atoms with Crippen LogP contribution in [0.15, 0.2) is 24.3 Å². The second-order valence-electron chi connectivity index (χ2n) is 4.01. The quantitative estimate of drug-likeness (QED) is 0.805.